The second-order valence-corrected chi connectivity index (χ2v) is 4.46. The van der Waals surface area contributed by atoms with Gasteiger partial charge in [0.15, 0.2) is 0 Å². The number of fused-ring (bicyclic) bond motifs is 1. The Hall–Kier alpha value is -1.24. The molecule has 0 saturated carbocycles. The summed E-state index contributed by atoms with van der Waals surface area (Å²) in [5.74, 6) is 0. The highest BCUT2D eigenvalue weighted by molar-refractivity contribution is 5.54. The second-order valence-electron chi connectivity index (χ2n) is 4.46. The zero-order valence-electron chi connectivity index (χ0n) is 10.1. The van der Waals surface area contributed by atoms with Crippen LogP contribution in [0.2, 0.25) is 0 Å². The van der Waals surface area contributed by atoms with E-state index in [1.807, 2.05) is 6.20 Å². The van der Waals surface area contributed by atoms with E-state index in [4.69, 9.17) is 0 Å². The molecule has 1 aromatic rings. The molecule has 1 heterocycles. The minimum atomic E-state index is 1.14. The Labute approximate surface area is 97.9 Å². The predicted molar refractivity (Wildman–Crippen MR) is 69.1 cm³/mol. The van der Waals surface area contributed by atoms with Gasteiger partial charge in [-0.2, -0.15) is 0 Å². The zero-order chi connectivity index (χ0) is 11.2. The Morgan fingerprint density at radius 2 is 1.81 bits per heavy atom. The van der Waals surface area contributed by atoms with E-state index in [0.29, 0.717) is 0 Å². The predicted octanol–water partition coefficient (Wildman–Crippen LogP) is 2.51. The molecule has 0 atom stereocenters. The molecule has 0 unspecified atom stereocenters. The molecule has 1 heteroatoms. The molecule has 0 fully saturated rings. The lowest BCUT2D eigenvalue weighted by Gasteiger charge is -2.01. The van der Waals surface area contributed by atoms with Crippen LogP contribution < -0.4 is 15.8 Å². The maximum Gasteiger partial charge on any atom is 0.0482 e. The number of unbranched alkanes of at least 4 members (excludes halogenated alkanes) is 4. The maximum atomic E-state index is 4.51. The van der Waals surface area contributed by atoms with Crippen LogP contribution in [-0.4, -0.2) is 0 Å². The summed E-state index contributed by atoms with van der Waals surface area (Å²) in [6.45, 7) is 2.26. The molecule has 16 heavy (non-hydrogen) atoms. The average molecular weight is 214 g/mol. The van der Waals surface area contributed by atoms with E-state index in [1.54, 1.807) is 0 Å². The zero-order valence-corrected chi connectivity index (χ0v) is 10.1. The summed E-state index contributed by atoms with van der Waals surface area (Å²) in [7, 11) is 0. The van der Waals surface area contributed by atoms with Crippen molar-refractivity contribution in [1.29, 1.82) is 0 Å². The van der Waals surface area contributed by atoms with Crippen molar-refractivity contribution >= 4 is 11.9 Å². The number of rotatable bonds is 6. The van der Waals surface area contributed by atoms with Crippen LogP contribution in [0.4, 0.5) is 0 Å². The topological polar surface area (TPSA) is 14.1 Å². The summed E-state index contributed by atoms with van der Waals surface area (Å²) >= 11 is 0. The van der Waals surface area contributed by atoms with E-state index in [-0.39, 0.29) is 0 Å². The van der Waals surface area contributed by atoms with E-state index in [2.05, 4.69) is 36.5 Å². The van der Waals surface area contributed by atoms with E-state index >= 15 is 0 Å². The smallest absolute Gasteiger partial charge is 0.0482 e. The van der Waals surface area contributed by atoms with Gasteiger partial charge in [-0.1, -0.05) is 56.9 Å². The highest BCUT2D eigenvalue weighted by atomic mass is 14.9. The van der Waals surface area contributed by atoms with Gasteiger partial charge >= 0.3 is 0 Å². The summed E-state index contributed by atoms with van der Waals surface area (Å²) in [5, 5.41) is 7.14. The lowest BCUT2D eigenvalue weighted by atomic mass is 10.1. The van der Waals surface area contributed by atoms with Crippen molar-refractivity contribution in [3.8, 4) is 0 Å². The van der Waals surface area contributed by atoms with Crippen molar-refractivity contribution in [2.24, 2.45) is 0 Å². The Balaban J connectivity index is 1.91. The van der Waals surface area contributed by atoms with Crippen LogP contribution in [0.5, 0.6) is 0 Å². The van der Waals surface area contributed by atoms with Crippen molar-refractivity contribution in [3.05, 3.63) is 34.7 Å². The molecule has 0 bridgehead atoms. The molecule has 2 rings (SSSR count). The van der Waals surface area contributed by atoms with Gasteiger partial charge in [-0.25, -0.2) is 0 Å². The van der Waals surface area contributed by atoms with E-state index in [1.165, 1.54) is 48.2 Å². The molecule has 1 aromatic carbocycles. The van der Waals surface area contributed by atoms with Crippen molar-refractivity contribution in [1.82, 2.24) is 5.32 Å². The van der Waals surface area contributed by atoms with Crippen molar-refractivity contribution in [3.63, 3.8) is 0 Å². The van der Waals surface area contributed by atoms with Gasteiger partial charge in [0.25, 0.3) is 0 Å². The Kier molecular flexibility index (Phi) is 4.03. The first-order valence-electron chi connectivity index (χ1n) is 6.41. The fourth-order valence-electron chi connectivity index (χ4n) is 2.18. The normalized spacial score (nSPS) is 13.2. The Bertz CT molecular complexity index is 445. The molecular weight excluding hydrogens is 194 g/mol. The van der Waals surface area contributed by atoms with Crippen molar-refractivity contribution in [2.75, 3.05) is 0 Å². The molecule has 0 saturated heterocycles. The van der Waals surface area contributed by atoms with Crippen LogP contribution in [0.3, 0.4) is 0 Å². The maximum absolute atomic E-state index is 4.51. The summed E-state index contributed by atoms with van der Waals surface area (Å²) < 4.78 is 0. The quantitative estimate of drug-likeness (QED) is 0.646. The minimum absolute atomic E-state index is 1.14. The monoisotopic (exact) mass is 214 g/mol. The molecule has 0 aromatic heterocycles. The van der Waals surface area contributed by atoms with Gasteiger partial charge in [0, 0.05) is 22.3 Å². The van der Waals surface area contributed by atoms with Crippen LogP contribution in [0.15, 0.2) is 24.3 Å². The number of hydrogen-bond donors (Lipinski definition) is 0. The molecule has 0 amide bonds. The Morgan fingerprint density at radius 3 is 2.69 bits per heavy atom. The second kappa shape index (κ2) is 5.74. The lowest BCUT2D eigenvalue weighted by Crippen LogP contribution is -2.21. The summed E-state index contributed by atoms with van der Waals surface area (Å²) in [4.78, 5) is 0. The van der Waals surface area contributed by atoms with Gasteiger partial charge in [0.05, 0.1) is 0 Å². The standard InChI is InChI=1S/C15H20N/c1-2-3-4-5-6-11-15-14-10-8-7-9-13(14)12-16-15/h7-10,12H,2-6,11H2,1H3. The van der Waals surface area contributed by atoms with Crippen LogP contribution in [0.1, 0.15) is 45.4 Å². The highest BCUT2D eigenvalue weighted by Gasteiger charge is 2.04. The largest absolute Gasteiger partial charge is 0.260 e. The first kappa shape index (κ1) is 11.3. The van der Waals surface area contributed by atoms with Gasteiger partial charge in [-0.05, 0) is 12.8 Å². The Morgan fingerprint density at radius 1 is 1.00 bits per heavy atom. The third-order valence-corrected chi connectivity index (χ3v) is 3.15. The molecule has 1 aliphatic rings. The third-order valence-electron chi connectivity index (χ3n) is 3.15. The number of nitrogens with zero attached hydrogens (tertiary/aromatic N) is 1. The van der Waals surface area contributed by atoms with Crippen LogP contribution in [0, 0.1) is 0 Å². The molecule has 0 aliphatic carbocycles. The summed E-state index contributed by atoms with van der Waals surface area (Å²) in [6, 6.07) is 8.51. The summed E-state index contributed by atoms with van der Waals surface area (Å²) in [5.41, 5.74) is 1.28. The van der Waals surface area contributed by atoms with Gasteiger partial charge < -0.3 is 0 Å². The van der Waals surface area contributed by atoms with Gasteiger partial charge in [-0.3, -0.25) is 5.32 Å². The molecular formula is C15H20N. The molecule has 85 valence electrons. The van der Waals surface area contributed by atoms with Gasteiger partial charge in [-0.15, -0.1) is 0 Å². The molecule has 0 N–H and O–H groups in total. The first-order chi connectivity index (χ1) is 7.92. The fourth-order valence-corrected chi connectivity index (χ4v) is 2.18. The number of benzene rings is 1. The van der Waals surface area contributed by atoms with E-state index < -0.39 is 0 Å². The van der Waals surface area contributed by atoms with Crippen LogP contribution in [0.25, 0.3) is 11.9 Å². The van der Waals surface area contributed by atoms with Crippen LogP contribution >= 0.6 is 0 Å². The van der Waals surface area contributed by atoms with E-state index in [9.17, 15) is 0 Å². The molecule has 1 aliphatic heterocycles. The van der Waals surface area contributed by atoms with E-state index in [0.717, 1.165) is 6.42 Å². The summed E-state index contributed by atoms with van der Waals surface area (Å²) in [6.07, 6.45) is 9.81. The highest BCUT2D eigenvalue weighted by Crippen LogP contribution is 2.10. The molecule has 0 spiro atoms. The average Bonchev–Trinajstić information content (AvgIpc) is 2.73. The lowest BCUT2D eigenvalue weighted by molar-refractivity contribution is 0.637. The molecule has 1 nitrogen and oxygen atoms in total. The number of hydrogen-bond acceptors (Lipinski definition) is 0. The van der Waals surface area contributed by atoms with Crippen molar-refractivity contribution < 1.29 is 0 Å². The first-order valence-corrected chi connectivity index (χ1v) is 6.41. The van der Waals surface area contributed by atoms with Gasteiger partial charge in [0.2, 0.25) is 0 Å². The SMILES string of the molecule is CCCCCCCC1=c2ccccc2=C[N]1. The fraction of sp³-hybridized carbons (Fsp3) is 0.467. The molecule has 1 radical (unpaired) electrons. The van der Waals surface area contributed by atoms with Crippen molar-refractivity contribution in [2.45, 2.75) is 45.4 Å². The minimum Gasteiger partial charge on any atom is -0.260 e. The van der Waals surface area contributed by atoms with Gasteiger partial charge in [0.1, 0.15) is 0 Å². The van der Waals surface area contributed by atoms with Crippen LogP contribution in [-0.2, 0) is 0 Å². The third kappa shape index (κ3) is 2.66.